The van der Waals surface area contributed by atoms with Crippen LogP contribution in [0, 0.1) is 0 Å². The van der Waals surface area contributed by atoms with Crippen molar-refractivity contribution in [3.8, 4) is 0 Å². The summed E-state index contributed by atoms with van der Waals surface area (Å²) in [7, 11) is 0. The highest BCUT2D eigenvalue weighted by Crippen LogP contribution is 2.51. The smallest absolute Gasteiger partial charge is 0.434 e. The predicted octanol–water partition coefficient (Wildman–Crippen LogP) is 0.375. The predicted molar refractivity (Wildman–Crippen MR) is 143 cm³/mol. The number of nitrogens with one attached hydrogen (secondary N) is 2. The fraction of sp³-hybridized carbons (Fsp3) is 0.500. The van der Waals surface area contributed by atoms with Crippen LogP contribution in [0.5, 0.6) is 0 Å². The fourth-order valence-electron chi connectivity index (χ4n) is 4.97. The van der Waals surface area contributed by atoms with Gasteiger partial charge in [-0.1, -0.05) is 30.3 Å². The monoisotopic (exact) mass is 589 g/mol. The molecule has 1 aromatic rings. The first-order valence-corrected chi connectivity index (χ1v) is 13.9. The summed E-state index contributed by atoms with van der Waals surface area (Å²) in [5, 5.41) is 4.52. The molecule has 1 aromatic carbocycles. The largest absolute Gasteiger partial charge is 0.516 e. The molecule has 0 bridgehead atoms. The van der Waals surface area contributed by atoms with Crippen molar-refractivity contribution in [3.63, 3.8) is 0 Å². The highest BCUT2D eigenvalue weighted by molar-refractivity contribution is 8.01. The van der Waals surface area contributed by atoms with Crippen molar-refractivity contribution in [1.29, 1.82) is 0 Å². The third-order valence-electron chi connectivity index (χ3n) is 7.01. The van der Waals surface area contributed by atoms with E-state index in [2.05, 4.69) is 15.4 Å². The number of esters is 1. The second kappa shape index (κ2) is 11.8. The van der Waals surface area contributed by atoms with Crippen molar-refractivity contribution in [2.75, 3.05) is 26.2 Å². The van der Waals surface area contributed by atoms with Crippen LogP contribution in [-0.2, 0) is 33.4 Å². The quantitative estimate of drug-likeness (QED) is 0.196. The number of hydrogen-bond acceptors (Lipinski definition) is 10. The summed E-state index contributed by atoms with van der Waals surface area (Å²) in [5.74, 6) is -4.06. The molecule has 3 aliphatic heterocycles. The van der Waals surface area contributed by atoms with Gasteiger partial charge in [0, 0.05) is 24.4 Å². The van der Waals surface area contributed by atoms with E-state index in [9.17, 15) is 33.6 Å². The molecule has 3 saturated heterocycles. The summed E-state index contributed by atoms with van der Waals surface area (Å²) in [4.78, 5) is 92.3. The summed E-state index contributed by atoms with van der Waals surface area (Å²) >= 11 is 1.25. The van der Waals surface area contributed by atoms with Crippen LogP contribution in [0.4, 0.5) is 9.59 Å². The van der Waals surface area contributed by atoms with Crippen LogP contribution in [0.25, 0.3) is 0 Å². The molecule has 0 saturated carbocycles. The number of imide groups is 1. The molecule has 3 fully saturated rings. The molecule has 15 heteroatoms. The van der Waals surface area contributed by atoms with Crippen LogP contribution in [0.15, 0.2) is 30.3 Å². The van der Waals surface area contributed by atoms with Crippen molar-refractivity contribution in [1.82, 2.24) is 25.3 Å². The SMILES string of the molecule is CCOC(=O)OC(=O)[C@@H]1N2C(=O)C(NC(=O)[C@H](NC(=O)N3CCN(CC)C(=O)C3=O)c3ccccc3)C2SC1(C)C. The molecule has 3 heterocycles. The molecule has 3 aliphatic rings. The Kier molecular flexibility index (Phi) is 8.56. The lowest BCUT2D eigenvalue weighted by Crippen LogP contribution is -2.71. The minimum atomic E-state index is -1.30. The van der Waals surface area contributed by atoms with Crippen molar-refractivity contribution >= 4 is 53.5 Å². The zero-order valence-corrected chi connectivity index (χ0v) is 23.8. The minimum absolute atomic E-state index is 0.00678. The van der Waals surface area contributed by atoms with E-state index >= 15 is 0 Å². The molecule has 14 nitrogen and oxygen atoms in total. The fourth-order valence-corrected chi connectivity index (χ4v) is 6.59. The summed E-state index contributed by atoms with van der Waals surface area (Å²) < 4.78 is 8.56. The molecule has 220 valence electrons. The molecule has 2 unspecified atom stereocenters. The van der Waals surface area contributed by atoms with Crippen LogP contribution >= 0.6 is 11.8 Å². The molecular weight excluding hydrogens is 558 g/mol. The number of amides is 6. The van der Waals surface area contributed by atoms with Crippen LogP contribution in [-0.4, -0.2) is 105 Å². The Morgan fingerprint density at radius 2 is 1.73 bits per heavy atom. The number of rotatable bonds is 7. The molecular formula is C26H31N5O9S. The van der Waals surface area contributed by atoms with Gasteiger partial charge in [0.05, 0.1) is 6.61 Å². The lowest BCUT2D eigenvalue weighted by Gasteiger charge is -2.44. The zero-order valence-electron chi connectivity index (χ0n) is 22.9. The van der Waals surface area contributed by atoms with Gasteiger partial charge >= 0.3 is 30.0 Å². The molecule has 2 N–H and O–H groups in total. The van der Waals surface area contributed by atoms with Gasteiger partial charge in [0.15, 0.2) is 0 Å². The van der Waals surface area contributed by atoms with Gasteiger partial charge in [-0.25, -0.2) is 14.4 Å². The van der Waals surface area contributed by atoms with Gasteiger partial charge in [0.2, 0.25) is 11.8 Å². The van der Waals surface area contributed by atoms with Crippen molar-refractivity contribution in [3.05, 3.63) is 35.9 Å². The number of nitrogens with zero attached hydrogens (tertiary/aromatic N) is 3. The Labute approximate surface area is 240 Å². The van der Waals surface area contributed by atoms with Gasteiger partial charge in [0.1, 0.15) is 23.5 Å². The number of thioether (sulfide) groups is 1. The Hall–Kier alpha value is -4.14. The van der Waals surface area contributed by atoms with Crippen molar-refractivity contribution < 1.29 is 43.0 Å². The third kappa shape index (κ3) is 5.71. The number of β-lactam (4-membered cyclic amide) rings is 1. The van der Waals surface area contributed by atoms with Gasteiger partial charge in [-0.2, -0.15) is 0 Å². The number of urea groups is 1. The van der Waals surface area contributed by atoms with E-state index in [-0.39, 0.29) is 19.7 Å². The number of ether oxygens (including phenoxy) is 2. The van der Waals surface area contributed by atoms with Crippen LogP contribution in [0.1, 0.15) is 39.3 Å². The normalized spacial score (nSPS) is 23.8. The first-order chi connectivity index (χ1) is 19.4. The van der Waals surface area contributed by atoms with Crippen LogP contribution in [0.3, 0.4) is 0 Å². The van der Waals surface area contributed by atoms with E-state index in [1.165, 1.54) is 21.6 Å². The van der Waals surface area contributed by atoms with E-state index in [1.54, 1.807) is 58.0 Å². The summed E-state index contributed by atoms with van der Waals surface area (Å²) in [5.41, 5.74) is 0.378. The van der Waals surface area contributed by atoms with E-state index in [4.69, 9.17) is 4.74 Å². The van der Waals surface area contributed by atoms with Crippen molar-refractivity contribution in [2.45, 2.75) is 55.9 Å². The third-order valence-corrected chi connectivity index (χ3v) is 8.58. The Balaban J connectivity index is 1.48. The summed E-state index contributed by atoms with van der Waals surface area (Å²) in [6.07, 6.45) is -1.17. The number of benzene rings is 1. The maximum Gasteiger partial charge on any atom is 0.516 e. The van der Waals surface area contributed by atoms with E-state index < -0.39 is 70.0 Å². The average molecular weight is 590 g/mol. The highest BCUT2D eigenvalue weighted by Gasteiger charge is 2.65. The van der Waals surface area contributed by atoms with Crippen LogP contribution in [0.2, 0.25) is 0 Å². The van der Waals surface area contributed by atoms with Crippen LogP contribution < -0.4 is 10.6 Å². The minimum Gasteiger partial charge on any atom is -0.434 e. The van der Waals surface area contributed by atoms with Gasteiger partial charge in [-0.15, -0.1) is 11.8 Å². The van der Waals surface area contributed by atoms with Gasteiger partial charge in [-0.05, 0) is 33.3 Å². The second-order valence-corrected chi connectivity index (χ2v) is 11.8. The Morgan fingerprint density at radius 3 is 2.37 bits per heavy atom. The number of carbonyl (C=O) groups is 7. The highest BCUT2D eigenvalue weighted by atomic mass is 32.2. The molecule has 6 amide bonds. The lowest BCUT2D eigenvalue weighted by atomic mass is 9.95. The molecule has 4 atom stereocenters. The number of carbonyl (C=O) groups excluding carboxylic acids is 7. The number of piperazine rings is 1. The van der Waals surface area contributed by atoms with Crippen molar-refractivity contribution in [2.24, 2.45) is 0 Å². The van der Waals surface area contributed by atoms with Gasteiger partial charge in [0.25, 0.3) is 0 Å². The molecule has 0 aliphatic carbocycles. The standard InChI is InChI=1S/C26H31N5O9S/c1-5-29-12-13-30(21(35)20(29)34)24(37)28-15(14-10-8-7-9-11-14)18(32)27-16-19(33)31-17(26(3,4)41-22(16)31)23(36)40-25(38)39-6-2/h7-11,15-17,22H,5-6,12-13H2,1-4H3,(H,27,32)(H,28,37)/t15-,16?,17+,22?/m1/s1. The summed E-state index contributed by atoms with van der Waals surface area (Å²) in [6, 6.07) is 3.84. The Morgan fingerprint density at radius 1 is 1.05 bits per heavy atom. The second-order valence-electron chi connectivity index (χ2n) is 9.99. The number of fused-ring (bicyclic) bond motifs is 1. The number of likely N-dealkylation sites (N-methyl/N-ethyl adjacent to an activating group) is 1. The maximum absolute atomic E-state index is 13.5. The first kappa shape index (κ1) is 29.8. The van der Waals surface area contributed by atoms with E-state index in [0.29, 0.717) is 12.1 Å². The Bertz CT molecular complexity index is 1270. The topological polar surface area (TPSA) is 172 Å². The first-order valence-electron chi connectivity index (χ1n) is 13.1. The maximum atomic E-state index is 13.5. The molecule has 0 radical (unpaired) electrons. The number of hydrogen-bond donors (Lipinski definition) is 2. The molecule has 4 rings (SSSR count). The molecule has 41 heavy (non-hydrogen) atoms. The van der Waals surface area contributed by atoms with Gasteiger partial charge in [-0.3, -0.25) is 24.1 Å². The molecule has 0 aromatic heterocycles. The van der Waals surface area contributed by atoms with Gasteiger partial charge < -0.3 is 29.9 Å². The zero-order chi connectivity index (χ0) is 30.1. The molecule has 0 spiro atoms. The van der Waals surface area contributed by atoms with E-state index in [0.717, 1.165) is 4.90 Å². The van der Waals surface area contributed by atoms with E-state index in [1.807, 2.05) is 0 Å². The average Bonchev–Trinajstić information content (AvgIpc) is 3.19. The lowest BCUT2D eigenvalue weighted by molar-refractivity contribution is -0.162. The summed E-state index contributed by atoms with van der Waals surface area (Å²) in [6.45, 7) is 7.14.